The lowest BCUT2D eigenvalue weighted by molar-refractivity contribution is -0.384. The summed E-state index contributed by atoms with van der Waals surface area (Å²) in [5.74, 6) is 0.391. The number of anilines is 2. The summed E-state index contributed by atoms with van der Waals surface area (Å²) in [4.78, 5) is 28.2. The van der Waals surface area contributed by atoms with Crippen molar-refractivity contribution in [2.24, 2.45) is 0 Å². The lowest BCUT2D eigenvalue weighted by atomic mass is 10.1. The zero-order chi connectivity index (χ0) is 19.9. The minimum absolute atomic E-state index is 0.133. The second-order valence-electron chi connectivity index (χ2n) is 5.87. The molecule has 1 heterocycles. The molecule has 0 aliphatic heterocycles. The number of nitrogens with one attached hydrogen (secondary N) is 2. The fourth-order valence-electron chi connectivity index (χ4n) is 2.53. The molecule has 0 unspecified atom stereocenters. The third kappa shape index (κ3) is 4.86. The first-order valence-corrected chi connectivity index (χ1v) is 9.44. The van der Waals surface area contributed by atoms with E-state index in [2.05, 4.69) is 15.6 Å². The monoisotopic (exact) mass is 394 g/mol. The number of benzene rings is 2. The van der Waals surface area contributed by atoms with Crippen molar-refractivity contribution in [1.82, 2.24) is 4.98 Å². The van der Waals surface area contributed by atoms with E-state index in [1.54, 1.807) is 37.1 Å². The molecule has 0 saturated carbocycles. The van der Waals surface area contributed by atoms with Crippen LogP contribution in [0.3, 0.4) is 0 Å². The van der Waals surface area contributed by atoms with Crippen LogP contribution in [-0.2, 0) is 5.75 Å². The summed E-state index contributed by atoms with van der Waals surface area (Å²) in [5.41, 5.74) is 2.35. The molecule has 8 heteroatoms. The molecule has 28 heavy (non-hydrogen) atoms. The summed E-state index contributed by atoms with van der Waals surface area (Å²) in [5, 5.41) is 16.6. The van der Waals surface area contributed by atoms with Gasteiger partial charge in [0.05, 0.1) is 10.5 Å². The van der Waals surface area contributed by atoms with Gasteiger partial charge in [-0.2, -0.15) is 0 Å². The van der Waals surface area contributed by atoms with Gasteiger partial charge in [0.15, 0.2) is 0 Å². The maximum atomic E-state index is 12.6. The van der Waals surface area contributed by atoms with Crippen molar-refractivity contribution in [3.63, 3.8) is 0 Å². The van der Waals surface area contributed by atoms with Gasteiger partial charge in [-0.1, -0.05) is 6.07 Å². The van der Waals surface area contributed by atoms with Crippen LogP contribution in [-0.4, -0.2) is 22.9 Å². The number of hydrogen-bond acceptors (Lipinski definition) is 6. The van der Waals surface area contributed by atoms with Crippen LogP contribution in [0.15, 0.2) is 71.9 Å². The van der Waals surface area contributed by atoms with Gasteiger partial charge in [0.25, 0.3) is 11.6 Å². The quantitative estimate of drug-likeness (QED) is 0.346. The molecule has 7 nitrogen and oxygen atoms in total. The predicted molar refractivity (Wildman–Crippen MR) is 111 cm³/mol. The highest BCUT2D eigenvalue weighted by Gasteiger charge is 2.16. The molecule has 0 fully saturated rings. The van der Waals surface area contributed by atoms with Gasteiger partial charge in [-0.25, -0.2) is 0 Å². The average molecular weight is 394 g/mol. The lowest BCUT2D eigenvalue weighted by Crippen LogP contribution is -2.14. The highest BCUT2D eigenvalue weighted by atomic mass is 32.2. The standard InChI is InChI=1S/C20H18N4O3S/c1-21-19-9-6-16(24(26)27)11-18(19)20(25)23-15-4-7-17(8-5-15)28-13-14-3-2-10-22-12-14/h2-12,21H,13H2,1H3,(H,23,25). The molecule has 0 spiro atoms. The molecule has 0 bridgehead atoms. The van der Waals surface area contributed by atoms with E-state index in [9.17, 15) is 14.9 Å². The zero-order valence-corrected chi connectivity index (χ0v) is 15.9. The maximum absolute atomic E-state index is 12.6. The first kappa shape index (κ1) is 19.4. The Hall–Kier alpha value is -3.39. The zero-order valence-electron chi connectivity index (χ0n) is 15.1. The Balaban J connectivity index is 1.67. The molecule has 3 rings (SSSR count). The second-order valence-corrected chi connectivity index (χ2v) is 6.91. The van der Waals surface area contributed by atoms with Crippen molar-refractivity contribution in [3.8, 4) is 0 Å². The smallest absolute Gasteiger partial charge is 0.270 e. The number of hydrogen-bond donors (Lipinski definition) is 2. The Morgan fingerprint density at radius 1 is 1.18 bits per heavy atom. The second kappa shape index (κ2) is 9.01. The van der Waals surface area contributed by atoms with E-state index >= 15 is 0 Å². The lowest BCUT2D eigenvalue weighted by Gasteiger charge is -2.10. The van der Waals surface area contributed by atoms with Crippen LogP contribution in [0.5, 0.6) is 0 Å². The summed E-state index contributed by atoms with van der Waals surface area (Å²) in [6, 6.07) is 15.5. The molecule has 0 saturated heterocycles. The Bertz CT molecular complexity index is 979. The van der Waals surface area contributed by atoms with Gasteiger partial charge in [0.1, 0.15) is 0 Å². The van der Waals surface area contributed by atoms with Crippen molar-refractivity contribution in [3.05, 3.63) is 88.2 Å². The predicted octanol–water partition coefficient (Wildman–Crippen LogP) is 4.58. The molecule has 1 amide bonds. The molecule has 3 aromatic rings. The molecule has 142 valence electrons. The van der Waals surface area contributed by atoms with E-state index < -0.39 is 10.8 Å². The van der Waals surface area contributed by atoms with Gasteiger partial charge >= 0.3 is 0 Å². The number of nitrogens with zero attached hydrogens (tertiary/aromatic N) is 2. The highest BCUT2D eigenvalue weighted by Crippen LogP contribution is 2.26. The van der Waals surface area contributed by atoms with Crippen LogP contribution in [0.1, 0.15) is 15.9 Å². The summed E-state index contributed by atoms with van der Waals surface area (Å²) in [7, 11) is 1.66. The number of amides is 1. The number of rotatable bonds is 7. The Kier molecular flexibility index (Phi) is 6.23. The van der Waals surface area contributed by atoms with Gasteiger partial charge in [-0.3, -0.25) is 19.9 Å². The van der Waals surface area contributed by atoms with E-state index in [-0.39, 0.29) is 11.3 Å². The number of aromatic nitrogens is 1. The molecule has 2 aromatic carbocycles. The van der Waals surface area contributed by atoms with Gasteiger partial charge in [-0.05, 0) is 42.0 Å². The molecular formula is C20H18N4O3S. The third-order valence-corrected chi connectivity index (χ3v) is 5.05. The number of thioether (sulfide) groups is 1. The van der Waals surface area contributed by atoms with E-state index in [1.807, 2.05) is 30.5 Å². The molecule has 0 radical (unpaired) electrons. The van der Waals surface area contributed by atoms with Crippen molar-refractivity contribution in [2.75, 3.05) is 17.7 Å². The average Bonchev–Trinajstić information content (AvgIpc) is 2.73. The number of carbonyl (C=O) groups excluding carboxylic acids is 1. The molecular weight excluding hydrogens is 376 g/mol. The van der Waals surface area contributed by atoms with Crippen molar-refractivity contribution in [1.29, 1.82) is 0 Å². The van der Waals surface area contributed by atoms with Crippen molar-refractivity contribution in [2.45, 2.75) is 10.6 Å². The van der Waals surface area contributed by atoms with Crippen molar-refractivity contribution < 1.29 is 9.72 Å². The number of carbonyl (C=O) groups is 1. The summed E-state index contributed by atoms with van der Waals surface area (Å²) < 4.78 is 0. The van der Waals surface area contributed by atoms with E-state index in [0.717, 1.165) is 16.2 Å². The van der Waals surface area contributed by atoms with Gasteiger partial charge < -0.3 is 10.6 Å². The number of nitro groups is 1. The number of nitro benzene ring substituents is 1. The highest BCUT2D eigenvalue weighted by molar-refractivity contribution is 7.98. The Morgan fingerprint density at radius 2 is 1.96 bits per heavy atom. The Labute approximate surface area is 166 Å². The minimum Gasteiger partial charge on any atom is -0.387 e. The maximum Gasteiger partial charge on any atom is 0.270 e. The minimum atomic E-state index is -0.523. The van der Waals surface area contributed by atoms with Gasteiger partial charge in [0.2, 0.25) is 0 Å². The van der Waals surface area contributed by atoms with E-state index in [4.69, 9.17) is 0 Å². The molecule has 2 N–H and O–H groups in total. The molecule has 0 atom stereocenters. The summed E-state index contributed by atoms with van der Waals surface area (Å²) >= 11 is 1.67. The molecule has 0 aliphatic carbocycles. The summed E-state index contributed by atoms with van der Waals surface area (Å²) in [6.07, 6.45) is 3.58. The van der Waals surface area contributed by atoms with Crippen molar-refractivity contribution >= 4 is 34.7 Å². The van der Waals surface area contributed by atoms with Crippen LogP contribution < -0.4 is 10.6 Å². The Morgan fingerprint density at radius 3 is 2.61 bits per heavy atom. The molecule has 0 aliphatic rings. The van der Waals surface area contributed by atoms with Crippen LogP contribution in [0.2, 0.25) is 0 Å². The first-order chi connectivity index (χ1) is 13.6. The van der Waals surface area contributed by atoms with Gasteiger partial charge in [-0.15, -0.1) is 11.8 Å². The van der Waals surface area contributed by atoms with Crippen LogP contribution in [0.25, 0.3) is 0 Å². The normalized spacial score (nSPS) is 10.3. The van der Waals surface area contributed by atoms with Crippen LogP contribution in [0, 0.1) is 10.1 Å². The van der Waals surface area contributed by atoms with E-state index in [0.29, 0.717) is 11.4 Å². The molecule has 1 aromatic heterocycles. The van der Waals surface area contributed by atoms with Crippen LogP contribution >= 0.6 is 11.8 Å². The van der Waals surface area contributed by atoms with Gasteiger partial charge in [0, 0.05) is 53.6 Å². The van der Waals surface area contributed by atoms with E-state index in [1.165, 1.54) is 18.2 Å². The third-order valence-electron chi connectivity index (χ3n) is 3.97. The topological polar surface area (TPSA) is 97.2 Å². The fourth-order valence-corrected chi connectivity index (χ4v) is 3.37. The largest absolute Gasteiger partial charge is 0.387 e. The first-order valence-electron chi connectivity index (χ1n) is 8.46. The summed E-state index contributed by atoms with van der Waals surface area (Å²) in [6.45, 7) is 0. The van der Waals surface area contributed by atoms with Crippen LogP contribution in [0.4, 0.5) is 17.1 Å². The number of pyridine rings is 1. The SMILES string of the molecule is CNc1ccc([N+](=O)[O-])cc1C(=O)Nc1ccc(SCc2cccnc2)cc1. The number of non-ortho nitro benzene ring substituents is 1. The fraction of sp³-hybridized carbons (Fsp3) is 0.100.